The lowest BCUT2D eigenvalue weighted by molar-refractivity contribution is -0.142. The van der Waals surface area contributed by atoms with Crippen molar-refractivity contribution in [1.29, 1.82) is 0 Å². The molecule has 0 fully saturated rings. The summed E-state index contributed by atoms with van der Waals surface area (Å²) in [4.78, 5) is 3.97. The van der Waals surface area contributed by atoms with Crippen molar-refractivity contribution in [1.82, 2.24) is 20.4 Å². The van der Waals surface area contributed by atoms with Gasteiger partial charge in [-0.25, -0.2) is 0 Å². The van der Waals surface area contributed by atoms with E-state index in [1.165, 1.54) is 13.2 Å². The molecule has 0 bridgehead atoms. The van der Waals surface area contributed by atoms with Crippen LogP contribution in [0.1, 0.15) is 17.7 Å². The number of methoxy groups -OCH3 is 1. The molecular weight excluding hydrogens is 327 g/mol. The van der Waals surface area contributed by atoms with Crippen LogP contribution in [0.4, 0.5) is 13.2 Å². The van der Waals surface area contributed by atoms with Crippen LogP contribution in [0.15, 0.2) is 11.2 Å². The molecule has 0 radical (unpaired) electrons. The number of alkyl halides is 3. The van der Waals surface area contributed by atoms with Gasteiger partial charge in [0.15, 0.2) is 11.7 Å². The summed E-state index contributed by atoms with van der Waals surface area (Å²) in [6.45, 7) is 2.21. The Kier molecular flexibility index (Phi) is 8.55. The maximum absolute atomic E-state index is 12.9. The lowest BCUT2D eigenvalue weighted by Crippen LogP contribution is -2.37. The van der Waals surface area contributed by atoms with Crippen LogP contribution in [0.25, 0.3) is 0 Å². The number of nitrogens with one attached hydrogen (secondary N) is 2. The van der Waals surface area contributed by atoms with Crippen LogP contribution in [-0.4, -0.2) is 56.3 Å². The van der Waals surface area contributed by atoms with E-state index in [4.69, 9.17) is 9.47 Å². The molecule has 1 rings (SSSR count). The van der Waals surface area contributed by atoms with E-state index in [1.807, 2.05) is 0 Å². The zero-order valence-electron chi connectivity index (χ0n) is 14.1. The van der Waals surface area contributed by atoms with Crippen LogP contribution >= 0.6 is 0 Å². The smallest absolute Gasteiger partial charge is 0.382 e. The Bertz CT molecular complexity index is 517. The van der Waals surface area contributed by atoms with Crippen LogP contribution in [-0.2, 0) is 29.2 Å². The first kappa shape index (κ1) is 20.2. The fourth-order valence-electron chi connectivity index (χ4n) is 1.93. The van der Waals surface area contributed by atoms with Gasteiger partial charge in [0.05, 0.1) is 13.2 Å². The Morgan fingerprint density at radius 2 is 2.04 bits per heavy atom. The largest absolute Gasteiger partial charge is 0.435 e. The minimum absolute atomic E-state index is 0.0211. The maximum Gasteiger partial charge on any atom is 0.435 e. The summed E-state index contributed by atoms with van der Waals surface area (Å²) < 4.78 is 49.9. The van der Waals surface area contributed by atoms with E-state index in [9.17, 15) is 13.2 Å². The zero-order valence-corrected chi connectivity index (χ0v) is 14.1. The molecule has 0 saturated heterocycles. The van der Waals surface area contributed by atoms with Crippen molar-refractivity contribution in [3.8, 4) is 0 Å². The molecule has 10 heteroatoms. The number of halogens is 3. The third-order valence-corrected chi connectivity index (χ3v) is 3.03. The van der Waals surface area contributed by atoms with E-state index < -0.39 is 11.9 Å². The van der Waals surface area contributed by atoms with E-state index in [2.05, 4.69) is 20.7 Å². The van der Waals surface area contributed by atoms with Crippen molar-refractivity contribution in [3.63, 3.8) is 0 Å². The lowest BCUT2D eigenvalue weighted by atomic mass is 10.2. The second kappa shape index (κ2) is 10.1. The fraction of sp³-hybridized carbons (Fsp3) is 0.714. The molecule has 0 aliphatic rings. The van der Waals surface area contributed by atoms with Crippen molar-refractivity contribution in [2.75, 3.05) is 40.5 Å². The number of rotatable bonds is 9. The fourth-order valence-corrected chi connectivity index (χ4v) is 1.93. The predicted molar refractivity (Wildman–Crippen MR) is 83.7 cm³/mol. The van der Waals surface area contributed by atoms with Crippen molar-refractivity contribution in [2.24, 2.45) is 12.0 Å². The Hall–Kier alpha value is -1.81. The number of aromatic nitrogens is 2. The second-order valence-electron chi connectivity index (χ2n) is 4.99. The van der Waals surface area contributed by atoms with Gasteiger partial charge in [-0.2, -0.15) is 18.3 Å². The number of hydrogen-bond acceptors (Lipinski definition) is 4. The first-order valence-corrected chi connectivity index (χ1v) is 7.49. The van der Waals surface area contributed by atoms with Gasteiger partial charge in [0, 0.05) is 52.7 Å². The van der Waals surface area contributed by atoms with Gasteiger partial charge in [0.1, 0.15) is 0 Å². The van der Waals surface area contributed by atoms with Gasteiger partial charge in [-0.3, -0.25) is 9.67 Å². The van der Waals surface area contributed by atoms with Crippen molar-refractivity contribution in [2.45, 2.75) is 19.1 Å². The summed E-state index contributed by atoms with van der Waals surface area (Å²) in [5.41, 5.74) is -0.824. The highest BCUT2D eigenvalue weighted by molar-refractivity contribution is 5.79. The van der Waals surface area contributed by atoms with Crippen LogP contribution < -0.4 is 10.6 Å². The summed E-state index contributed by atoms with van der Waals surface area (Å²) in [7, 11) is 4.61. The highest BCUT2D eigenvalue weighted by atomic mass is 19.4. The van der Waals surface area contributed by atoms with Crippen molar-refractivity contribution >= 4 is 5.96 Å². The molecule has 0 amide bonds. The van der Waals surface area contributed by atoms with E-state index >= 15 is 0 Å². The Balaban J connectivity index is 2.37. The molecule has 0 atom stereocenters. The monoisotopic (exact) mass is 351 g/mol. The van der Waals surface area contributed by atoms with Crippen LogP contribution in [0.2, 0.25) is 0 Å². The zero-order chi connectivity index (χ0) is 18.0. The van der Waals surface area contributed by atoms with Gasteiger partial charge >= 0.3 is 6.18 Å². The number of guanidine groups is 1. The summed E-state index contributed by atoms with van der Waals surface area (Å²) in [6.07, 6.45) is -2.40. The SMILES string of the molecule is CN=C(NCCCOCCOC)NCc1cn(C)nc1C(F)(F)F. The molecular formula is C14H24F3N5O2. The van der Waals surface area contributed by atoms with Gasteiger partial charge in [0.2, 0.25) is 0 Å². The molecule has 1 heterocycles. The summed E-state index contributed by atoms with van der Waals surface area (Å²) in [5.74, 6) is 0.420. The average Bonchev–Trinajstić information content (AvgIpc) is 2.90. The maximum atomic E-state index is 12.9. The molecule has 138 valence electrons. The number of aryl methyl sites for hydroxylation is 1. The molecule has 0 spiro atoms. The highest BCUT2D eigenvalue weighted by Crippen LogP contribution is 2.30. The molecule has 1 aromatic rings. The molecule has 0 aliphatic heterocycles. The molecule has 0 saturated carbocycles. The summed E-state index contributed by atoms with van der Waals surface area (Å²) in [6, 6.07) is 0. The first-order chi connectivity index (χ1) is 11.4. The second-order valence-corrected chi connectivity index (χ2v) is 4.99. The van der Waals surface area contributed by atoms with Crippen LogP contribution in [0.5, 0.6) is 0 Å². The number of ether oxygens (including phenoxy) is 2. The molecule has 0 aromatic carbocycles. The number of hydrogen-bond donors (Lipinski definition) is 2. The van der Waals surface area contributed by atoms with E-state index in [-0.39, 0.29) is 12.1 Å². The van der Waals surface area contributed by atoms with E-state index in [1.54, 1.807) is 14.2 Å². The Morgan fingerprint density at radius 1 is 1.29 bits per heavy atom. The average molecular weight is 351 g/mol. The van der Waals surface area contributed by atoms with Gasteiger partial charge in [-0.15, -0.1) is 0 Å². The van der Waals surface area contributed by atoms with E-state index in [0.29, 0.717) is 32.3 Å². The van der Waals surface area contributed by atoms with Crippen molar-refractivity contribution in [3.05, 3.63) is 17.5 Å². The number of aliphatic imine (C=N–C) groups is 1. The molecule has 1 aromatic heterocycles. The highest BCUT2D eigenvalue weighted by Gasteiger charge is 2.36. The molecule has 2 N–H and O–H groups in total. The molecule has 0 aliphatic carbocycles. The van der Waals surface area contributed by atoms with Gasteiger partial charge in [-0.1, -0.05) is 0 Å². The quantitative estimate of drug-likeness (QED) is 0.397. The van der Waals surface area contributed by atoms with Gasteiger partial charge < -0.3 is 20.1 Å². The van der Waals surface area contributed by atoms with Crippen molar-refractivity contribution < 1.29 is 22.6 Å². The minimum atomic E-state index is -4.48. The summed E-state index contributed by atoms with van der Waals surface area (Å²) >= 11 is 0. The molecule has 7 nitrogen and oxygen atoms in total. The van der Waals surface area contributed by atoms with Crippen LogP contribution in [0, 0.1) is 0 Å². The standard InChI is InChI=1S/C14H24F3N5O2/c1-18-13(19-5-4-6-24-8-7-23-3)20-9-11-10-22(2)21-12(11)14(15,16)17/h10H,4-9H2,1-3H3,(H2,18,19,20). The lowest BCUT2D eigenvalue weighted by Gasteiger charge is -2.12. The topological polar surface area (TPSA) is 72.7 Å². The van der Waals surface area contributed by atoms with Gasteiger partial charge in [-0.05, 0) is 6.42 Å². The number of nitrogens with zero attached hydrogens (tertiary/aromatic N) is 3. The first-order valence-electron chi connectivity index (χ1n) is 7.49. The van der Waals surface area contributed by atoms with Crippen LogP contribution in [0.3, 0.4) is 0 Å². The minimum Gasteiger partial charge on any atom is -0.382 e. The molecule has 0 unspecified atom stereocenters. The third kappa shape index (κ3) is 7.18. The molecule has 24 heavy (non-hydrogen) atoms. The summed E-state index contributed by atoms with van der Waals surface area (Å²) in [5, 5.41) is 9.32. The Labute approximate surface area is 139 Å². The Morgan fingerprint density at radius 3 is 2.67 bits per heavy atom. The normalized spacial score (nSPS) is 12.5. The third-order valence-electron chi connectivity index (χ3n) is 3.03. The van der Waals surface area contributed by atoms with Gasteiger partial charge in [0.25, 0.3) is 0 Å². The van der Waals surface area contributed by atoms with E-state index in [0.717, 1.165) is 11.1 Å². The predicted octanol–water partition coefficient (Wildman–Crippen LogP) is 1.16.